The van der Waals surface area contributed by atoms with Crippen molar-refractivity contribution in [2.75, 3.05) is 18.1 Å². The Kier molecular flexibility index (Phi) is 5.28. The number of pyridine rings is 1. The van der Waals surface area contributed by atoms with Crippen molar-refractivity contribution in [2.24, 2.45) is 0 Å². The lowest BCUT2D eigenvalue weighted by Crippen LogP contribution is -2.32. The Balaban J connectivity index is 2.33. The molecule has 2 amide bonds. The van der Waals surface area contributed by atoms with E-state index in [0.29, 0.717) is 10.7 Å². The third-order valence-corrected chi connectivity index (χ3v) is 2.57. The topological polar surface area (TPSA) is 94.3 Å². The van der Waals surface area contributed by atoms with Crippen LogP contribution in [-0.4, -0.2) is 29.3 Å². The van der Waals surface area contributed by atoms with Crippen LogP contribution in [0, 0.1) is 0 Å². The van der Waals surface area contributed by atoms with Crippen molar-refractivity contribution >= 4 is 29.4 Å². The summed E-state index contributed by atoms with van der Waals surface area (Å²) in [7, 11) is 0. The Morgan fingerprint density at radius 3 is 2.88 bits per heavy atom. The number of amides is 2. The molecule has 1 rings (SSSR count). The van der Waals surface area contributed by atoms with Gasteiger partial charge in [-0.25, -0.2) is 9.78 Å². The average Bonchev–Trinajstić information content (AvgIpc) is 2.28. The van der Waals surface area contributed by atoms with Gasteiger partial charge in [0.1, 0.15) is 0 Å². The summed E-state index contributed by atoms with van der Waals surface area (Å²) in [6, 6.07) is 3.40. The van der Waals surface area contributed by atoms with E-state index in [-0.39, 0.29) is 12.4 Å². The molecule has 92 valence electrons. The van der Waals surface area contributed by atoms with Gasteiger partial charge in [0, 0.05) is 0 Å². The first-order valence-corrected chi connectivity index (χ1v) is 5.91. The predicted molar refractivity (Wildman–Crippen MR) is 64.5 cm³/mol. The molecule has 0 aliphatic heterocycles. The molecule has 0 aliphatic carbocycles. The summed E-state index contributed by atoms with van der Waals surface area (Å²) in [5.74, 6) is -0.331. The third kappa shape index (κ3) is 5.21. The molecule has 0 radical (unpaired) electrons. The van der Waals surface area contributed by atoms with E-state index in [1.54, 1.807) is 19.1 Å². The molecular weight excluding hydrogens is 242 g/mol. The van der Waals surface area contributed by atoms with E-state index in [0.717, 1.165) is 0 Å². The summed E-state index contributed by atoms with van der Waals surface area (Å²) in [4.78, 5) is 26.2. The van der Waals surface area contributed by atoms with Crippen molar-refractivity contribution in [1.29, 1.82) is 0 Å². The number of carbonyl (C=O) groups excluding carboxylic acids is 2. The summed E-state index contributed by atoms with van der Waals surface area (Å²) >= 11 is 1.21. The zero-order chi connectivity index (χ0) is 12.7. The number of nitrogens with two attached hydrogens (primary N) is 1. The number of nitrogens with zero attached hydrogens (tertiary/aromatic N) is 1. The minimum atomic E-state index is -0.733. The van der Waals surface area contributed by atoms with Crippen LogP contribution in [-0.2, 0) is 9.53 Å². The summed E-state index contributed by atoms with van der Waals surface area (Å²) in [6.07, 6.45) is 0.773. The van der Waals surface area contributed by atoms with Gasteiger partial charge in [-0.15, -0.1) is 0 Å². The van der Waals surface area contributed by atoms with Crippen LogP contribution < -0.4 is 11.1 Å². The van der Waals surface area contributed by atoms with E-state index in [1.807, 2.05) is 0 Å². The van der Waals surface area contributed by atoms with E-state index in [4.69, 9.17) is 5.73 Å². The molecule has 0 unspecified atom stereocenters. The average molecular weight is 255 g/mol. The van der Waals surface area contributed by atoms with E-state index < -0.39 is 12.0 Å². The maximum Gasteiger partial charge on any atom is 0.413 e. The minimum Gasteiger partial charge on any atom is -0.450 e. The second-order valence-electron chi connectivity index (χ2n) is 2.99. The lowest BCUT2D eigenvalue weighted by atomic mass is 10.4. The number of imide groups is 1. The first-order chi connectivity index (χ1) is 8.11. The van der Waals surface area contributed by atoms with Gasteiger partial charge in [0.2, 0.25) is 5.91 Å². The van der Waals surface area contributed by atoms with Crippen LogP contribution in [0.4, 0.5) is 10.5 Å². The maximum absolute atomic E-state index is 11.3. The SMILES string of the molecule is CCOC(=O)NC(=O)CSc1ccc(N)cn1. The van der Waals surface area contributed by atoms with Crippen LogP contribution in [0.3, 0.4) is 0 Å². The molecule has 3 N–H and O–H groups in total. The summed E-state index contributed by atoms with van der Waals surface area (Å²) in [5, 5.41) is 2.75. The second-order valence-corrected chi connectivity index (χ2v) is 3.98. The van der Waals surface area contributed by atoms with E-state index in [1.165, 1.54) is 18.0 Å². The smallest absolute Gasteiger partial charge is 0.413 e. The van der Waals surface area contributed by atoms with Crippen LogP contribution >= 0.6 is 11.8 Å². The fourth-order valence-corrected chi connectivity index (χ4v) is 1.58. The van der Waals surface area contributed by atoms with Gasteiger partial charge in [-0.2, -0.15) is 0 Å². The number of nitrogens with one attached hydrogen (secondary N) is 1. The Labute approximate surface area is 103 Å². The van der Waals surface area contributed by atoms with Gasteiger partial charge in [-0.1, -0.05) is 11.8 Å². The number of nitrogen functional groups attached to an aromatic ring is 1. The molecule has 0 spiro atoms. The fraction of sp³-hybridized carbons (Fsp3) is 0.300. The Morgan fingerprint density at radius 1 is 1.53 bits per heavy atom. The number of aromatic nitrogens is 1. The first kappa shape index (κ1) is 13.3. The monoisotopic (exact) mass is 255 g/mol. The fourth-order valence-electron chi connectivity index (χ4n) is 0.934. The maximum atomic E-state index is 11.3. The highest BCUT2D eigenvalue weighted by Gasteiger charge is 2.08. The summed E-state index contributed by atoms with van der Waals surface area (Å²) in [5.41, 5.74) is 6.03. The molecular formula is C10H13N3O3S. The normalized spacial score (nSPS) is 9.71. The second kappa shape index (κ2) is 6.74. The summed E-state index contributed by atoms with van der Waals surface area (Å²) in [6.45, 7) is 1.89. The van der Waals surface area contributed by atoms with Gasteiger partial charge >= 0.3 is 6.09 Å². The molecule has 0 atom stereocenters. The number of thioether (sulfide) groups is 1. The van der Waals surface area contributed by atoms with Crippen molar-refractivity contribution in [1.82, 2.24) is 10.3 Å². The van der Waals surface area contributed by atoms with Crippen molar-refractivity contribution in [2.45, 2.75) is 11.9 Å². The summed E-state index contributed by atoms with van der Waals surface area (Å²) < 4.78 is 4.57. The van der Waals surface area contributed by atoms with E-state index >= 15 is 0 Å². The molecule has 17 heavy (non-hydrogen) atoms. The molecule has 6 nitrogen and oxygen atoms in total. The zero-order valence-electron chi connectivity index (χ0n) is 9.30. The van der Waals surface area contributed by atoms with Gasteiger partial charge in [0.15, 0.2) is 0 Å². The third-order valence-electron chi connectivity index (χ3n) is 1.63. The number of ether oxygens (including phenoxy) is 1. The number of carbonyl (C=O) groups is 2. The first-order valence-electron chi connectivity index (χ1n) is 4.92. The lowest BCUT2D eigenvalue weighted by molar-refractivity contribution is -0.117. The van der Waals surface area contributed by atoms with Crippen molar-refractivity contribution < 1.29 is 14.3 Å². The molecule has 1 heterocycles. The van der Waals surface area contributed by atoms with Gasteiger partial charge in [0.05, 0.1) is 29.3 Å². The highest BCUT2D eigenvalue weighted by atomic mass is 32.2. The number of alkyl carbamates (subject to hydrolysis) is 1. The largest absolute Gasteiger partial charge is 0.450 e. The van der Waals surface area contributed by atoms with Crippen LogP contribution in [0.1, 0.15) is 6.92 Å². The standard InChI is InChI=1S/C10H13N3O3S/c1-2-16-10(15)13-8(14)6-17-9-4-3-7(11)5-12-9/h3-5H,2,6,11H2,1H3,(H,13,14,15). The molecule has 0 saturated carbocycles. The number of anilines is 1. The number of hydrogen-bond donors (Lipinski definition) is 2. The van der Waals surface area contributed by atoms with Gasteiger partial charge in [-0.05, 0) is 19.1 Å². The minimum absolute atomic E-state index is 0.0930. The quantitative estimate of drug-likeness (QED) is 0.780. The van der Waals surface area contributed by atoms with Gasteiger partial charge in [0.25, 0.3) is 0 Å². The van der Waals surface area contributed by atoms with Crippen molar-refractivity contribution in [3.63, 3.8) is 0 Å². The van der Waals surface area contributed by atoms with E-state index in [2.05, 4.69) is 15.0 Å². The van der Waals surface area contributed by atoms with Crippen LogP contribution in [0.5, 0.6) is 0 Å². The van der Waals surface area contributed by atoms with E-state index in [9.17, 15) is 9.59 Å². The van der Waals surface area contributed by atoms with Crippen LogP contribution in [0.2, 0.25) is 0 Å². The van der Waals surface area contributed by atoms with Gasteiger partial charge in [-0.3, -0.25) is 10.1 Å². The zero-order valence-corrected chi connectivity index (χ0v) is 10.1. The molecule has 7 heteroatoms. The molecule has 1 aromatic heterocycles. The Morgan fingerprint density at radius 2 is 2.29 bits per heavy atom. The molecule has 0 aromatic carbocycles. The molecule has 0 aliphatic rings. The predicted octanol–water partition coefficient (Wildman–Crippen LogP) is 1.03. The van der Waals surface area contributed by atoms with Crippen LogP contribution in [0.25, 0.3) is 0 Å². The van der Waals surface area contributed by atoms with Gasteiger partial charge < -0.3 is 10.5 Å². The van der Waals surface area contributed by atoms with Crippen molar-refractivity contribution in [3.8, 4) is 0 Å². The highest BCUT2D eigenvalue weighted by molar-refractivity contribution is 7.99. The number of rotatable bonds is 4. The highest BCUT2D eigenvalue weighted by Crippen LogP contribution is 2.15. The van der Waals surface area contributed by atoms with Crippen molar-refractivity contribution in [3.05, 3.63) is 18.3 Å². The molecule has 0 fully saturated rings. The molecule has 1 aromatic rings. The Hall–Kier alpha value is -1.76. The molecule has 0 bridgehead atoms. The molecule has 0 saturated heterocycles. The number of hydrogen-bond acceptors (Lipinski definition) is 6. The van der Waals surface area contributed by atoms with Crippen LogP contribution in [0.15, 0.2) is 23.4 Å². The lowest BCUT2D eigenvalue weighted by Gasteiger charge is -2.03. The Bertz CT molecular complexity index is 394.